The highest BCUT2D eigenvalue weighted by Gasteiger charge is 2.54. The fourth-order valence-corrected chi connectivity index (χ4v) is 3.60. The highest BCUT2D eigenvalue weighted by molar-refractivity contribution is 7.44. The molecular formula is C9H18NO4P. The summed E-state index contributed by atoms with van der Waals surface area (Å²) in [5.41, 5.74) is 0. The van der Waals surface area contributed by atoms with E-state index < -0.39 is 7.82 Å². The summed E-state index contributed by atoms with van der Waals surface area (Å²) in [6.07, 6.45) is 3.55. The van der Waals surface area contributed by atoms with Crippen LogP contribution in [-0.4, -0.2) is 42.2 Å². The number of phosphoric ester groups is 1. The lowest BCUT2D eigenvalue weighted by Gasteiger charge is -2.41. The number of hydrogen-bond donors (Lipinski definition) is 1. The maximum atomic E-state index is 10.6. The number of rotatable bonds is 3. The Labute approximate surface area is 89.9 Å². The quantitative estimate of drug-likeness (QED) is 0.556. The van der Waals surface area contributed by atoms with E-state index in [1.165, 1.54) is 6.42 Å². The van der Waals surface area contributed by atoms with Crippen LogP contribution in [0, 0.1) is 5.92 Å². The topological polar surface area (TPSA) is 69.6 Å². The van der Waals surface area contributed by atoms with Crippen LogP contribution in [0.1, 0.15) is 19.3 Å². The molecule has 15 heavy (non-hydrogen) atoms. The van der Waals surface area contributed by atoms with Crippen LogP contribution in [0.3, 0.4) is 0 Å². The monoisotopic (exact) mass is 235 g/mol. The largest absolute Gasteiger partial charge is 0.756 e. The summed E-state index contributed by atoms with van der Waals surface area (Å²) in [5.74, 6) is 0.552. The fourth-order valence-electron chi connectivity index (χ4n) is 3.26. The molecule has 1 heterocycles. The van der Waals surface area contributed by atoms with Gasteiger partial charge in [-0.1, -0.05) is 0 Å². The Kier molecular flexibility index (Phi) is 2.72. The number of phosphoric acid groups is 1. The number of piperidine rings is 1. The van der Waals surface area contributed by atoms with Gasteiger partial charge in [-0.25, -0.2) is 0 Å². The van der Waals surface area contributed by atoms with Gasteiger partial charge in [0.15, 0.2) is 0 Å². The molecular weight excluding hydrogens is 217 g/mol. The number of nitrogens with zero attached hydrogens (tertiary/aromatic N) is 1. The van der Waals surface area contributed by atoms with Gasteiger partial charge >= 0.3 is 0 Å². The number of likely N-dealkylation sites (N-methyl/N-ethyl adjacent to an activating group) is 1. The van der Waals surface area contributed by atoms with Crippen molar-refractivity contribution >= 4 is 7.82 Å². The second-order valence-electron chi connectivity index (χ2n) is 5.19. The van der Waals surface area contributed by atoms with Crippen LogP contribution in [0.2, 0.25) is 0 Å². The summed E-state index contributed by atoms with van der Waals surface area (Å²) < 4.78 is 15.9. The first-order valence-corrected chi connectivity index (χ1v) is 6.82. The summed E-state index contributed by atoms with van der Waals surface area (Å²) in [5, 5.41) is 0. The maximum absolute atomic E-state index is 10.6. The molecule has 4 atom stereocenters. The minimum Gasteiger partial charge on any atom is -0.756 e. The highest BCUT2D eigenvalue weighted by atomic mass is 31.2. The predicted molar refractivity (Wildman–Crippen MR) is 52.8 cm³/mol. The molecule has 88 valence electrons. The lowest BCUT2D eigenvalue weighted by Crippen LogP contribution is -2.55. The fraction of sp³-hybridized carbons (Fsp3) is 1.00. The number of quaternary nitrogens is 1. The minimum absolute atomic E-state index is 0.117. The van der Waals surface area contributed by atoms with E-state index in [4.69, 9.17) is 4.89 Å². The van der Waals surface area contributed by atoms with Crippen LogP contribution in [0.4, 0.5) is 0 Å². The zero-order valence-corrected chi connectivity index (χ0v) is 10.0. The van der Waals surface area contributed by atoms with Gasteiger partial charge in [-0.15, -0.1) is 0 Å². The van der Waals surface area contributed by atoms with Crippen molar-refractivity contribution in [3.05, 3.63) is 0 Å². The molecule has 0 aromatic rings. The van der Waals surface area contributed by atoms with Crippen molar-refractivity contribution in [1.29, 1.82) is 0 Å². The SMILES string of the molecule is C[N+]1(C)C2CCC(C2)C1COP(=O)([O-])O. The highest BCUT2D eigenvalue weighted by Crippen LogP contribution is 2.46. The van der Waals surface area contributed by atoms with E-state index in [1.54, 1.807) is 0 Å². The van der Waals surface area contributed by atoms with Crippen molar-refractivity contribution in [1.82, 2.24) is 0 Å². The molecule has 0 aromatic heterocycles. The molecule has 0 amide bonds. The Bertz CT molecular complexity index is 300. The molecule has 1 saturated heterocycles. The van der Waals surface area contributed by atoms with Crippen LogP contribution in [0.5, 0.6) is 0 Å². The summed E-state index contributed by atoms with van der Waals surface area (Å²) in [4.78, 5) is 19.1. The van der Waals surface area contributed by atoms with Crippen molar-refractivity contribution < 1.29 is 23.4 Å². The molecule has 0 spiro atoms. The van der Waals surface area contributed by atoms with Crippen LogP contribution in [-0.2, 0) is 9.09 Å². The Balaban J connectivity index is 2.01. The van der Waals surface area contributed by atoms with Gasteiger partial charge in [-0.2, -0.15) is 0 Å². The molecule has 1 saturated carbocycles. The third-order valence-electron chi connectivity index (χ3n) is 4.19. The van der Waals surface area contributed by atoms with Gasteiger partial charge in [0.1, 0.15) is 12.6 Å². The molecule has 0 aromatic carbocycles. The average Bonchev–Trinajstić information content (AvgIpc) is 2.57. The van der Waals surface area contributed by atoms with Gasteiger partial charge in [-0.05, 0) is 12.8 Å². The predicted octanol–water partition coefficient (Wildman–Crippen LogP) is 0.0910. The van der Waals surface area contributed by atoms with Gasteiger partial charge in [0.2, 0.25) is 0 Å². The molecule has 4 unspecified atom stereocenters. The van der Waals surface area contributed by atoms with Gasteiger partial charge in [0, 0.05) is 12.3 Å². The second-order valence-corrected chi connectivity index (χ2v) is 6.38. The van der Waals surface area contributed by atoms with E-state index >= 15 is 0 Å². The Morgan fingerprint density at radius 3 is 2.67 bits per heavy atom. The van der Waals surface area contributed by atoms with Gasteiger partial charge in [0.25, 0.3) is 7.82 Å². The summed E-state index contributed by atoms with van der Waals surface area (Å²) in [7, 11) is -0.325. The van der Waals surface area contributed by atoms with Crippen LogP contribution in [0.15, 0.2) is 0 Å². The van der Waals surface area contributed by atoms with Gasteiger partial charge in [0.05, 0.1) is 20.1 Å². The molecule has 2 aliphatic rings. The Morgan fingerprint density at radius 2 is 2.20 bits per heavy atom. The number of likely N-dealkylation sites (tertiary alicyclic amines) is 1. The van der Waals surface area contributed by atoms with Gasteiger partial charge in [-0.3, -0.25) is 4.57 Å². The van der Waals surface area contributed by atoms with E-state index in [1.807, 2.05) is 0 Å². The first kappa shape index (κ1) is 11.6. The van der Waals surface area contributed by atoms with Gasteiger partial charge < -0.3 is 18.8 Å². The zero-order chi connectivity index (χ0) is 11.3. The van der Waals surface area contributed by atoms with E-state index in [9.17, 15) is 9.46 Å². The molecule has 2 bridgehead atoms. The lowest BCUT2D eigenvalue weighted by atomic mass is 9.98. The van der Waals surface area contributed by atoms with E-state index in [-0.39, 0.29) is 12.6 Å². The molecule has 2 rings (SSSR count). The molecule has 1 N–H and O–H groups in total. The standard InChI is InChI=1S/C9H18NO4P/c1-10(2)8-4-3-7(5-8)9(10)6-14-15(11,12)13/h7-9H,3-6H2,1-2H3,(H-,11,12,13). The second kappa shape index (κ2) is 3.54. The summed E-state index contributed by atoms with van der Waals surface area (Å²) in [6.45, 7) is 0.117. The minimum atomic E-state index is -4.56. The molecule has 2 fully saturated rings. The Morgan fingerprint density at radius 1 is 1.53 bits per heavy atom. The van der Waals surface area contributed by atoms with Crippen LogP contribution >= 0.6 is 7.82 Å². The molecule has 1 aliphatic heterocycles. The van der Waals surface area contributed by atoms with Crippen LogP contribution < -0.4 is 4.89 Å². The maximum Gasteiger partial charge on any atom is 0.265 e. The number of fused-ring (bicyclic) bond motifs is 2. The molecule has 1 aliphatic carbocycles. The molecule has 5 nitrogen and oxygen atoms in total. The summed E-state index contributed by atoms with van der Waals surface area (Å²) in [6, 6.07) is 0.839. The third kappa shape index (κ3) is 2.12. The summed E-state index contributed by atoms with van der Waals surface area (Å²) >= 11 is 0. The third-order valence-corrected chi connectivity index (χ3v) is 4.67. The van der Waals surface area contributed by atoms with E-state index in [0.717, 1.165) is 17.3 Å². The zero-order valence-electron chi connectivity index (χ0n) is 9.13. The first-order chi connectivity index (χ1) is 6.81. The molecule has 0 radical (unpaired) electrons. The molecule has 6 heteroatoms. The van der Waals surface area contributed by atoms with Crippen molar-refractivity contribution in [3.63, 3.8) is 0 Å². The average molecular weight is 235 g/mol. The van der Waals surface area contributed by atoms with Crippen molar-refractivity contribution in [3.8, 4) is 0 Å². The van der Waals surface area contributed by atoms with Crippen molar-refractivity contribution in [2.75, 3.05) is 20.7 Å². The smallest absolute Gasteiger partial charge is 0.265 e. The number of hydrogen-bond acceptors (Lipinski definition) is 3. The normalized spacial score (nSPS) is 41.7. The van der Waals surface area contributed by atoms with Crippen molar-refractivity contribution in [2.45, 2.75) is 31.3 Å². The van der Waals surface area contributed by atoms with Crippen LogP contribution in [0.25, 0.3) is 0 Å². The first-order valence-electron chi connectivity index (χ1n) is 5.32. The van der Waals surface area contributed by atoms with Crippen molar-refractivity contribution in [2.24, 2.45) is 5.92 Å². The van der Waals surface area contributed by atoms with E-state index in [0.29, 0.717) is 12.0 Å². The van der Waals surface area contributed by atoms with E-state index in [2.05, 4.69) is 18.6 Å². The Hall–Kier alpha value is 0.0700. The lowest BCUT2D eigenvalue weighted by molar-refractivity contribution is -0.931.